The zero-order chi connectivity index (χ0) is 28.9. The first-order chi connectivity index (χ1) is 18.5. The van der Waals surface area contributed by atoms with Gasteiger partial charge < -0.3 is 35.9 Å². The predicted molar refractivity (Wildman–Crippen MR) is 147 cm³/mol. The van der Waals surface area contributed by atoms with Crippen molar-refractivity contribution in [2.45, 2.75) is 77.6 Å². The number of imidazole rings is 1. The number of rotatable bonds is 16. The molecule has 0 aliphatic heterocycles. The quantitative estimate of drug-likeness (QED) is 0.204. The highest BCUT2D eigenvalue weighted by atomic mass is 16.4. The molecule has 2 rings (SSSR count). The smallest absolute Gasteiger partial charge is 0.243 e. The summed E-state index contributed by atoms with van der Waals surface area (Å²) in [6, 6.07) is 6.15. The molecule has 0 aliphatic carbocycles. The third-order valence-corrected chi connectivity index (χ3v) is 6.69. The molecule has 0 saturated heterocycles. The molecule has 0 saturated carbocycles. The van der Waals surface area contributed by atoms with Gasteiger partial charge in [0.25, 0.3) is 0 Å². The number of aromatic nitrogens is 2. The first-order valence-corrected chi connectivity index (χ1v) is 13.4. The van der Waals surface area contributed by atoms with E-state index in [0.717, 1.165) is 5.56 Å². The van der Waals surface area contributed by atoms with Gasteiger partial charge >= 0.3 is 0 Å². The van der Waals surface area contributed by atoms with Crippen LogP contribution in [0.2, 0.25) is 0 Å². The van der Waals surface area contributed by atoms with Crippen LogP contribution in [0.15, 0.2) is 55.5 Å². The molecule has 39 heavy (non-hydrogen) atoms. The van der Waals surface area contributed by atoms with E-state index < -0.39 is 42.1 Å². The van der Waals surface area contributed by atoms with Crippen LogP contribution in [0.1, 0.15) is 51.8 Å². The average Bonchev–Trinajstić information content (AvgIpc) is 3.39. The number of allylic oxidation sites excluding steroid dienone is 1. The lowest BCUT2D eigenvalue weighted by molar-refractivity contribution is -0.251. The van der Waals surface area contributed by atoms with Gasteiger partial charge in [0.15, 0.2) is 0 Å². The summed E-state index contributed by atoms with van der Waals surface area (Å²) in [5.41, 5.74) is 1.35. The molecule has 1 heterocycles. The number of aromatic amines is 1. The first-order valence-electron chi connectivity index (χ1n) is 13.4. The van der Waals surface area contributed by atoms with Crippen molar-refractivity contribution in [1.82, 2.24) is 25.9 Å². The Kier molecular flexibility index (Phi) is 12.7. The van der Waals surface area contributed by atoms with E-state index in [1.807, 2.05) is 26.0 Å². The number of hydrogen-bond acceptors (Lipinski definition) is 6. The topological polar surface area (TPSA) is 159 Å². The number of nitrogens with zero attached hydrogens (tertiary/aromatic N) is 1. The second-order valence-electron chi connectivity index (χ2n) is 10.7. The molecule has 0 spiro atoms. The van der Waals surface area contributed by atoms with E-state index in [2.05, 4.69) is 46.3 Å². The Morgan fingerprint density at radius 1 is 1.00 bits per heavy atom. The zero-order valence-electron chi connectivity index (χ0n) is 23.2. The van der Waals surface area contributed by atoms with Gasteiger partial charge in [-0.05, 0) is 36.2 Å². The van der Waals surface area contributed by atoms with E-state index in [0.29, 0.717) is 18.5 Å². The summed E-state index contributed by atoms with van der Waals surface area (Å²) in [5.74, 6) is -0.627. The molecule has 5 N–H and O–H groups in total. The molecule has 10 nitrogen and oxygen atoms in total. The molecular weight excluding hydrogens is 498 g/mol. The first kappa shape index (κ1) is 31.6. The highest BCUT2D eigenvalue weighted by Crippen LogP contribution is 2.22. The van der Waals surface area contributed by atoms with Gasteiger partial charge in [0.1, 0.15) is 18.2 Å². The number of aliphatic hydroxyl groups excluding tert-OH is 1. The standard InChI is InChI=1S/C29H43N5O5/c1-6-21(19(4)5)14-26(35)23(12-18(2)3)32-28(37)25(15-22-16-30-17-31-22)33-27(36)24(34-29(38)39)13-20-10-8-7-9-11-20/h6-11,16-19,21,23-26,34-35H,1,12-15H2,2-5H3,(H,30,31)(H,32,37)(H,33,36)(H,38,39)/p-1/t21-,23-,24-,25-,26-/m0/s1. The summed E-state index contributed by atoms with van der Waals surface area (Å²) < 4.78 is 0. The molecule has 1 aromatic carbocycles. The molecule has 0 radical (unpaired) electrons. The number of nitrogens with one attached hydrogen (secondary N) is 4. The lowest BCUT2D eigenvalue weighted by atomic mass is 9.86. The van der Waals surface area contributed by atoms with E-state index in [4.69, 9.17) is 0 Å². The van der Waals surface area contributed by atoms with Gasteiger partial charge in [0, 0.05) is 24.7 Å². The normalized spacial score (nSPS) is 15.2. The molecule has 0 fully saturated rings. The molecule has 10 heteroatoms. The third kappa shape index (κ3) is 10.9. The minimum absolute atomic E-state index is 0.0708. The summed E-state index contributed by atoms with van der Waals surface area (Å²) in [5, 5.41) is 30.2. The Labute approximate surface area is 230 Å². The summed E-state index contributed by atoms with van der Waals surface area (Å²) >= 11 is 0. The fourth-order valence-corrected chi connectivity index (χ4v) is 4.49. The molecular formula is C29H42N5O5-. The lowest BCUT2D eigenvalue weighted by Crippen LogP contribution is -2.58. The van der Waals surface area contributed by atoms with E-state index in [1.54, 1.807) is 30.5 Å². The summed E-state index contributed by atoms with van der Waals surface area (Å²) in [7, 11) is 0. The Hall–Kier alpha value is -3.66. The van der Waals surface area contributed by atoms with Crippen molar-refractivity contribution < 1.29 is 24.6 Å². The van der Waals surface area contributed by atoms with Crippen LogP contribution in [0.3, 0.4) is 0 Å². The van der Waals surface area contributed by atoms with Crippen LogP contribution in [0.5, 0.6) is 0 Å². The number of carbonyl (C=O) groups excluding carboxylic acids is 3. The van der Waals surface area contributed by atoms with Crippen molar-refractivity contribution >= 4 is 17.9 Å². The van der Waals surface area contributed by atoms with Crippen molar-refractivity contribution in [3.63, 3.8) is 0 Å². The predicted octanol–water partition coefficient (Wildman–Crippen LogP) is 1.72. The minimum atomic E-state index is -1.59. The number of carbonyl (C=O) groups is 3. The summed E-state index contributed by atoms with van der Waals surface area (Å²) in [6.07, 6.45) is 3.55. The minimum Gasteiger partial charge on any atom is -0.530 e. The molecule has 2 aromatic rings. The zero-order valence-corrected chi connectivity index (χ0v) is 23.2. The van der Waals surface area contributed by atoms with E-state index in [1.165, 1.54) is 6.33 Å². The Morgan fingerprint density at radius 3 is 2.18 bits per heavy atom. The van der Waals surface area contributed by atoms with Gasteiger partial charge in [-0.25, -0.2) is 4.98 Å². The number of aliphatic hydroxyl groups is 1. The molecule has 0 aliphatic rings. The SMILES string of the molecule is C=C[C@@H](C[C@H](O)[C@H](CC(C)C)NC(=O)[C@H](Cc1cnc[nH]1)NC(=O)[C@H](Cc1ccccc1)NC(=O)[O-])C(C)C. The van der Waals surface area contributed by atoms with Crippen LogP contribution >= 0.6 is 0 Å². The van der Waals surface area contributed by atoms with E-state index in [-0.39, 0.29) is 30.6 Å². The summed E-state index contributed by atoms with van der Waals surface area (Å²) in [6.45, 7) is 12.0. The van der Waals surface area contributed by atoms with E-state index in [9.17, 15) is 24.6 Å². The Morgan fingerprint density at radius 2 is 1.64 bits per heavy atom. The lowest BCUT2D eigenvalue weighted by Gasteiger charge is -2.31. The van der Waals surface area contributed by atoms with Gasteiger partial charge in [0.2, 0.25) is 11.8 Å². The van der Waals surface area contributed by atoms with Crippen LogP contribution in [0.25, 0.3) is 0 Å². The van der Waals surface area contributed by atoms with Crippen LogP contribution in [-0.2, 0) is 22.4 Å². The van der Waals surface area contributed by atoms with Crippen LogP contribution in [-0.4, -0.2) is 57.2 Å². The largest absolute Gasteiger partial charge is 0.530 e. The second kappa shape index (κ2) is 15.7. The maximum atomic E-state index is 13.6. The fraction of sp³-hybridized carbons (Fsp3) is 0.517. The molecule has 214 valence electrons. The Bertz CT molecular complexity index is 1040. The number of hydrogen-bond donors (Lipinski definition) is 5. The van der Waals surface area contributed by atoms with Crippen molar-refractivity contribution in [3.05, 3.63) is 66.8 Å². The van der Waals surface area contributed by atoms with Gasteiger partial charge in [0.05, 0.1) is 18.5 Å². The highest BCUT2D eigenvalue weighted by molar-refractivity contribution is 5.91. The molecule has 0 unspecified atom stereocenters. The van der Waals surface area contributed by atoms with Crippen molar-refractivity contribution in [2.75, 3.05) is 0 Å². The van der Waals surface area contributed by atoms with Crippen molar-refractivity contribution in [1.29, 1.82) is 0 Å². The third-order valence-electron chi connectivity index (χ3n) is 6.69. The monoisotopic (exact) mass is 540 g/mol. The van der Waals surface area contributed by atoms with Gasteiger partial charge in [-0.2, -0.15) is 0 Å². The summed E-state index contributed by atoms with van der Waals surface area (Å²) in [4.78, 5) is 45.1. The molecule has 5 atom stereocenters. The maximum Gasteiger partial charge on any atom is 0.243 e. The van der Waals surface area contributed by atoms with Gasteiger partial charge in [-0.1, -0.05) is 64.1 Å². The van der Waals surface area contributed by atoms with Crippen molar-refractivity contribution in [3.8, 4) is 0 Å². The fourth-order valence-electron chi connectivity index (χ4n) is 4.49. The highest BCUT2D eigenvalue weighted by Gasteiger charge is 2.31. The van der Waals surface area contributed by atoms with Gasteiger partial charge in [-0.15, -0.1) is 6.58 Å². The molecule has 3 amide bonds. The van der Waals surface area contributed by atoms with E-state index >= 15 is 0 Å². The van der Waals surface area contributed by atoms with Crippen LogP contribution < -0.4 is 21.1 Å². The van der Waals surface area contributed by atoms with Gasteiger partial charge in [-0.3, -0.25) is 9.59 Å². The molecule has 0 bridgehead atoms. The van der Waals surface area contributed by atoms with Crippen LogP contribution in [0, 0.1) is 17.8 Å². The second-order valence-corrected chi connectivity index (χ2v) is 10.7. The Balaban J connectivity index is 2.25. The van der Waals surface area contributed by atoms with Crippen LogP contribution in [0.4, 0.5) is 4.79 Å². The average molecular weight is 541 g/mol. The molecule has 1 aromatic heterocycles. The van der Waals surface area contributed by atoms with Crippen molar-refractivity contribution in [2.24, 2.45) is 17.8 Å². The number of benzene rings is 1. The maximum absolute atomic E-state index is 13.6. The number of H-pyrrole nitrogens is 1. The number of carboxylic acid groups (broad SMARTS) is 1. The number of amides is 3.